The Morgan fingerprint density at radius 1 is 0.821 bits per heavy atom. The summed E-state index contributed by atoms with van der Waals surface area (Å²) in [7, 11) is 0. The summed E-state index contributed by atoms with van der Waals surface area (Å²) < 4.78 is 0. The molecule has 0 aromatic heterocycles. The lowest BCUT2D eigenvalue weighted by molar-refractivity contribution is -0.255. The number of thiocarbonyl (C=S) groups is 1. The van der Waals surface area contributed by atoms with E-state index >= 15 is 0 Å². The maximum Gasteiger partial charge on any atom is 0.238 e. The van der Waals surface area contributed by atoms with E-state index in [1.165, 1.54) is 12.1 Å². The van der Waals surface area contributed by atoms with Crippen molar-refractivity contribution in [1.29, 1.82) is 0 Å². The Morgan fingerprint density at radius 2 is 1.39 bits per heavy atom. The van der Waals surface area contributed by atoms with Crippen LogP contribution in [0.25, 0.3) is 0 Å². The highest BCUT2D eigenvalue weighted by Gasteiger charge is 2.23. The molecule has 6 heteroatoms. The van der Waals surface area contributed by atoms with E-state index in [1.807, 2.05) is 60.7 Å². The topological polar surface area (TPSA) is 81.3 Å². The lowest BCUT2D eigenvalue weighted by atomic mass is 9.90. The second-order valence-corrected chi connectivity index (χ2v) is 6.47. The van der Waals surface area contributed by atoms with E-state index in [1.54, 1.807) is 12.1 Å². The Balaban J connectivity index is 1.78. The molecule has 5 nitrogen and oxygen atoms in total. The van der Waals surface area contributed by atoms with Crippen molar-refractivity contribution in [2.75, 3.05) is 5.32 Å². The van der Waals surface area contributed by atoms with Crippen LogP contribution in [-0.4, -0.2) is 17.0 Å². The summed E-state index contributed by atoms with van der Waals surface area (Å²) in [6.07, 6.45) is 0. The molecule has 3 aromatic carbocycles. The van der Waals surface area contributed by atoms with Gasteiger partial charge in [0.2, 0.25) is 5.91 Å². The van der Waals surface area contributed by atoms with Crippen molar-refractivity contribution in [2.24, 2.45) is 0 Å². The molecule has 28 heavy (non-hydrogen) atoms. The maximum absolute atomic E-state index is 13.0. The van der Waals surface area contributed by atoms with Crippen molar-refractivity contribution in [3.63, 3.8) is 0 Å². The predicted molar refractivity (Wildman–Crippen MR) is 110 cm³/mol. The van der Waals surface area contributed by atoms with Crippen molar-refractivity contribution >= 4 is 34.9 Å². The van der Waals surface area contributed by atoms with Crippen LogP contribution < -0.4 is 15.7 Å². The summed E-state index contributed by atoms with van der Waals surface area (Å²) in [5, 5.41) is 16.6. The number of carboxylic acid groups (broad SMARTS) is 1. The number of rotatable bonds is 5. The molecule has 2 N–H and O–H groups in total. The fourth-order valence-electron chi connectivity index (χ4n) is 2.86. The smallest absolute Gasteiger partial charge is 0.238 e. The zero-order valence-corrected chi connectivity index (χ0v) is 15.6. The Bertz CT molecular complexity index is 951. The van der Waals surface area contributed by atoms with Gasteiger partial charge in [0.25, 0.3) is 0 Å². The zero-order chi connectivity index (χ0) is 19.9. The minimum absolute atomic E-state index is 0.0191. The van der Waals surface area contributed by atoms with Gasteiger partial charge in [0, 0.05) is 5.69 Å². The molecule has 0 heterocycles. The van der Waals surface area contributed by atoms with Gasteiger partial charge in [-0.1, -0.05) is 72.8 Å². The highest BCUT2D eigenvalue weighted by Crippen LogP contribution is 2.24. The monoisotopic (exact) mass is 389 g/mol. The van der Waals surface area contributed by atoms with Crippen LogP contribution in [0, 0.1) is 0 Å². The van der Waals surface area contributed by atoms with Gasteiger partial charge in [0.05, 0.1) is 11.9 Å². The average Bonchev–Trinajstić information content (AvgIpc) is 2.70. The first-order valence-corrected chi connectivity index (χ1v) is 8.98. The summed E-state index contributed by atoms with van der Waals surface area (Å²) in [6, 6.07) is 24.8. The number of nitrogens with one attached hydrogen (secondary N) is 2. The largest absolute Gasteiger partial charge is 0.545 e. The third-order valence-corrected chi connectivity index (χ3v) is 4.32. The van der Waals surface area contributed by atoms with E-state index in [0.717, 1.165) is 11.1 Å². The number of carboxylic acids is 1. The number of anilines is 1. The fourth-order valence-corrected chi connectivity index (χ4v) is 3.07. The Kier molecular flexibility index (Phi) is 6.14. The van der Waals surface area contributed by atoms with Crippen LogP contribution in [-0.2, 0) is 4.79 Å². The molecule has 0 aliphatic carbocycles. The standard InChI is InChI=1S/C22H18N2O3S/c25-20(24-22(28)23-18-13-7-12-17(14-18)21(26)27)19(15-8-3-1-4-9-15)16-10-5-2-6-11-16/h1-14,19H,(H,26,27)(H2,23,24,25,28)/p-1. The predicted octanol–water partition coefficient (Wildman–Crippen LogP) is 2.70. The molecule has 0 saturated heterocycles. The number of carbonyl (C=O) groups excluding carboxylic acids is 2. The lowest BCUT2D eigenvalue weighted by Crippen LogP contribution is -2.38. The van der Waals surface area contributed by atoms with Gasteiger partial charge in [-0.2, -0.15) is 0 Å². The molecule has 0 unspecified atom stereocenters. The second kappa shape index (κ2) is 8.92. The molecule has 140 valence electrons. The van der Waals surface area contributed by atoms with Crippen LogP contribution in [0.1, 0.15) is 27.4 Å². The second-order valence-electron chi connectivity index (χ2n) is 6.07. The van der Waals surface area contributed by atoms with Gasteiger partial charge in [-0.3, -0.25) is 4.79 Å². The van der Waals surface area contributed by atoms with Gasteiger partial charge < -0.3 is 20.5 Å². The summed E-state index contributed by atoms with van der Waals surface area (Å²) in [4.78, 5) is 24.0. The van der Waals surface area contributed by atoms with Crippen LogP contribution in [0.15, 0.2) is 84.9 Å². The first kappa shape index (κ1) is 19.3. The van der Waals surface area contributed by atoms with Crippen molar-refractivity contribution in [2.45, 2.75) is 5.92 Å². The highest BCUT2D eigenvalue weighted by atomic mass is 32.1. The van der Waals surface area contributed by atoms with Crippen LogP contribution in [0.2, 0.25) is 0 Å². The van der Waals surface area contributed by atoms with Crippen LogP contribution in [0.5, 0.6) is 0 Å². The quantitative estimate of drug-likeness (QED) is 0.656. The van der Waals surface area contributed by atoms with E-state index in [2.05, 4.69) is 10.6 Å². The van der Waals surface area contributed by atoms with Gasteiger partial charge in [-0.25, -0.2) is 0 Å². The van der Waals surface area contributed by atoms with Gasteiger partial charge in [-0.05, 0) is 41.0 Å². The number of benzene rings is 3. The molecule has 0 spiro atoms. The number of carbonyl (C=O) groups is 2. The van der Waals surface area contributed by atoms with Crippen LogP contribution in [0.3, 0.4) is 0 Å². The minimum Gasteiger partial charge on any atom is -0.545 e. The van der Waals surface area contributed by atoms with Gasteiger partial charge in [0.15, 0.2) is 5.11 Å². The molecule has 0 radical (unpaired) electrons. The zero-order valence-electron chi connectivity index (χ0n) is 14.8. The van der Waals surface area contributed by atoms with Gasteiger partial charge in [0.1, 0.15) is 0 Å². The van der Waals surface area contributed by atoms with Crippen molar-refractivity contribution < 1.29 is 14.7 Å². The third-order valence-electron chi connectivity index (χ3n) is 4.12. The van der Waals surface area contributed by atoms with Crippen molar-refractivity contribution in [3.8, 4) is 0 Å². The number of amides is 1. The Hall–Kier alpha value is -3.51. The highest BCUT2D eigenvalue weighted by molar-refractivity contribution is 7.80. The molecule has 0 fully saturated rings. The third kappa shape index (κ3) is 4.81. The number of aromatic carboxylic acids is 1. The Morgan fingerprint density at radius 3 is 1.93 bits per heavy atom. The summed E-state index contributed by atoms with van der Waals surface area (Å²) >= 11 is 5.23. The molecular weight excluding hydrogens is 372 g/mol. The Labute approximate surface area is 168 Å². The molecule has 0 atom stereocenters. The number of hydrogen-bond donors (Lipinski definition) is 2. The molecule has 0 saturated carbocycles. The van der Waals surface area contributed by atoms with Crippen molar-refractivity contribution in [1.82, 2.24) is 5.32 Å². The normalized spacial score (nSPS) is 10.3. The van der Waals surface area contributed by atoms with E-state index in [0.29, 0.717) is 5.69 Å². The van der Waals surface area contributed by atoms with Crippen LogP contribution in [0.4, 0.5) is 5.69 Å². The first-order valence-electron chi connectivity index (χ1n) is 8.58. The number of hydrogen-bond acceptors (Lipinski definition) is 4. The van der Waals surface area contributed by atoms with E-state index in [9.17, 15) is 14.7 Å². The summed E-state index contributed by atoms with van der Waals surface area (Å²) in [5.74, 6) is -2.10. The average molecular weight is 389 g/mol. The van der Waals surface area contributed by atoms with Crippen LogP contribution >= 0.6 is 12.2 Å². The molecular formula is C22H17N2O3S-. The minimum atomic E-state index is -1.29. The maximum atomic E-state index is 13.0. The first-order chi connectivity index (χ1) is 13.5. The summed E-state index contributed by atoms with van der Waals surface area (Å²) in [6.45, 7) is 0. The van der Waals surface area contributed by atoms with E-state index in [-0.39, 0.29) is 16.6 Å². The summed E-state index contributed by atoms with van der Waals surface area (Å²) in [5.41, 5.74) is 2.15. The SMILES string of the molecule is O=C([O-])c1cccc(NC(=S)NC(=O)C(c2ccccc2)c2ccccc2)c1. The van der Waals surface area contributed by atoms with Gasteiger partial charge >= 0.3 is 0 Å². The van der Waals surface area contributed by atoms with E-state index < -0.39 is 11.9 Å². The van der Waals surface area contributed by atoms with Gasteiger partial charge in [-0.15, -0.1) is 0 Å². The molecule has 3 aromatic rings. The van der Waals surface area contributed by atoms with E-state index in [4.69, 9.17) is 12.2 Å². The molecule has 0 aliphatic rings. The molecule has 0 aliphatic heterocycles. The fraction of sp³-hybridized carbons (Fsp3) is 0.0455. The molecule has 3 rings (SSSR count). The molecule has 0 bridgehead atoms. The van der Waals surface area contributed by atoms with Crippen molar-refractivity contribution in [3.05, 3.63) is 102 Å². The lowest BCUT2D eigenvalue weighted by Gasteiger charge is -2.19. The molecule has 1 amide bonds.